The van der Waals surface area contributed by atoms with Crippen molar-refractivity contribution in [3.8, 4) is 34.1 Å². The van der Waals surface area contributed by atoms with Crippen LogP contribution in [-0.2, 0) is 0 Å². The molecule has 7 nitrogen and oxygen atoms in total. The molecule has 20 aromatic rings. The van der Waals surface area contributed by atoms with Crippen molar-refractivity contribution in [3.05, 3.63) is 322 Å². The van der Waals surface area contributed by atoms with E-state index < -0.39 is 0 Å². The maximum Gasteiger partial charge on any atom is 0.0964 e. The van der Waals surface area contributed by atoms with Crippen LogP contribution in [0.4, 0.5) is 0 Å². The van der Waals surface area contributed by atoms with Gasteiger partial charge < -0.3 is 27.4 Å². The Morgan fingerprint density at radius 3 is 0.756 bits per heavy atom. The predicted molar refractivity (Wildman–Crippen MR) is 377 cm³/mol. The SMILES string of the molecule is c1ccc(-n2c3ccccc3c3cc(-n4c5ccccc5c5cc6c(cc54)c4ccccc4n6-c4ccccc4)ccc32)cc1.c1ccc(-n2c3ccccc3c3cc4c(cc32)c2ccccc2n4-c2ccc3c(c2)c2ncccc2n3-c2ccccc2)cc1. The van der Waals surface area contributed by atoms with Gasteiger partial charge in [-0.1, -0.05) is 164 Å². The number of rotatable bonds is 6. The molecule has 0 spiro atoms. The number of benzene rings is 13. The van der Waals surface area contributed by atoms with E-state index in [0.29, 0.717) is 0 Å². The van der Waals surface area contributed by atoms with Gasteiger partial charge in [0.05, 0.1) is 71.7 Å². The summed E-state index contributed by atoms with van der Waals surface area (Å²) in [6, 6.07) is 114. The van der Waals surface area contributed by atoms with Gasteiger partial charge in [-0.2, -0.15) is 0 Å². The Morgan fingerprint density at radius 1 is 0.156 bits per heavy atom. The van der Waals surface area contributed by atoms with Crippen LogP contribution in [0.3, 0.4) is 0 Å². The lowest BCUT2D eigenvalue weighted by Crippen LogP contribution is -1.96. The summed E-state index contributed by atoms with van der Waals surface area (Å²) < 4.78 is 14.4. The molecule has 0 amide bonds. The Labute approximate surface area is 516 Å². The Hall–Kier alpha value is -12.2. The quantitative estimate of drug-likeness (QED) is 0.164. The fourth-order valence-corrected chi connectivity index (χ4v) is 14.9. The zero-order valence-electron chi connectivity index (χ0n) is 48.7. The van der Waals surface area contributed by atoms with E-state index in [4.69, 9.17) is 4.98 Å². The molecule has 0 N–H and O–H groups in total. The van der Waals surface area contributed by atoms with E-state index >= 15 is 0 Å². The predicted octanol–water partition coefficient (Wildman–Crippen LogP) is 21.4. The van der Waals surface area contributed by atoms with Gasteiger partial charge in [-0.3, -0.25) is 4.98 Å². The monoisotopic (exact) mass is 1150 g/mol. The lowest BCUT2D eigenvalue weighted by atomic mass is 10.1. The summed E-state index contributed by atoms with van der Waals surface area (Å²) in [7, 11) is 0. The Bertz CT molecular complexity index is 5870. The first-order chi connectivity index (χ1) is 44.7. The van der Waals surface area contributed by atoms with Crippen molar-refractivity contribution in [1.29, 1.82) is 0 Å². The molecule has 0 aliphatic rings. The normalized spacial score (nSPS) is 12.0. The first-order valence-electron chi connectivity index (χ1n) is 30.8. The standard InChI is InChI=1S/C42H27N3.C41H26N4/c1-3-13-28(14-4-1)43-37-20-10-7-17-31(37)34-25-30(23-24-40(34)43)45-39-22-12-9-19-33(39)36-26-41-35(27-42(36)45)32-18-8-11-21-38(32)44(41)29-15-5-2-6-16-29;1-3-12-27(13-4-1)43-37-22-21-29(24-34(37)41-38(43)20-11-23-42-41)45-36-19-10-8-17-31(36)33-25-39-32(26-40(33)45)30-16-7-9-18-35(30)44(39)28-14-5-2-6-15-28/h1-27H;1-26H. The minimum absolute atomic E-state index is 1.01. The van der Waals surface area contributed by atoms with Gasteiger partial charge in [-0.15, -0.1) is 0 Å². The largest absolute Gasteiger partial charge is 0.309 e. The van der Waals surface area contributed by atoms with Crippen molar-refractivity contribution in [2.45, 2.75) is 0 Å². The zero-order valence-corrected chi connectivity index (χ0v) is 48.7. The van der Waals surface area contributed by atoms with Crippen LogP contribution in [0, 0.1) is 0 Å². The number of hydrogen-bond acceptors (Lipinski definition) is 1. The molecule has 420 valence electrons. The molecule has 7 aromatic heterocycles. The molecule has 0 atom stereocenters. The van der Waals surface area contributed by atoms with Crippen molar-refractivity contribution in [1.82, 2.24) is 32.4 Å². The van der Waals surface area contributed by atoms with Crippen LogP contribution < -0.4 is 0 Å². The van der Waals surface area contributed by atoms with Crippen LogP contribution in [0.5, 0.6) is 0 Å². The van der Waals surface area contributed by atoms with E-state index in [-0.39, 0.29) is 0 Å². The maximum atomic E-state index is 4.88. The van der Waals surface area contributed by atoms with E-state index in [1.807, 2.05) is 12.3 Å². The summed E-state index contributed by atoms with van der Waals surface area (Å²) in [4.78, 5) is 4.88. The van der Waals surface area contributed by atoms with Crippen LogP contribution in [0.25, 0.3) is 165 Å². The molecule has 0 saturated carbocycles. The molecule has 0 unspecified atom stereocenters. The van der Waals surface area contributed by atoms with Gasteiger partial charge in [0.25, 0.3) is 0 Å². The molecule has 0 aliphatic carbocycles. The van der Waals surface area contributed by atoms with Crippen molar-refractivity contribution < 1.29 is 0 Å². The smallest absolute Gasteiger partial charge is 0.0964 e. The number of pyridine rings is 1. The fourth-order valence-electron chi connectivity index (χ4n) is 14.9. The Morgan fingerprint density at radius 2 is 0.400 bits per heavy atom. The minimum Gasteiger partial charge on any atom is -0.309 e. The minimum atomic E-state index is 1.01. The molecular weight excluding hydrogens is 1090 g/mol. The summed E-state index contributed by atoms with van der Waals surface area (Å²) in [5, 5.41) is 13.6. The molecule has 0 bridgehead atoms. The summed E-state index contributed by atoms with van der Waals surface area (Å²) in [6.45, 7) is 0. The van der Waals surface area contributed by atoms with E-state index in [2.05, 4.69) is 337 Å². The maximum absolute atomic E-state index is 4.88. The van der Waals surface area contributed by atoms with Crippen LogP contribution in [-0.4, -0.2) is 32.4 Å². The van der Waals surface area contributed by atoms with Gasteiger partial charge in [-0.25, -0.2) is 0 Å². The number of fused-ring (bicyclic) bond motifs is 18. The van der Waals surface area contributed by atoms with Gasteiger partial charge in [0.1, 0.15) is 0 Å². The molecule has 7 heteroatoms. The van der Waals surface area contributed by atoms with Gasteiger partial charge >= 0.3 is 0 Å². The third kappa shape index (κ3) is 7.38. The number of nitrogens with zero attached hydrogens (tertiary/aromatic N) is 7. The van der Waals surface area contributed by atoms with E-state index in [1.54, 1.807) is 0 Å². The number of para-hydroxylation sites is 9. The lowest BCUT2D eigenvalue weighted by Gasteiger charge is -2.11. The molecule has 7 heterocycles. The average Bonchev–Trinajstić information content (AvgIpc) is 1.69. The van der Waals surface area contributed by atoms with E-state index in [1.165, 1.54) is 126 Å². The van der Waals surface area contributed by atoms with Crippen LogP contribution in [0.15, 0.2) is 322 Å². The second-order valence-corrected chi connectivity index (χ2v) is 23.5. The second kappa shape index (κ2) is 19.7. The average molecular weight is 1150 g/mol. The van der Waals surface area contributed by atoms with Crippen LogP contribution in [0.2, 0.25) is 0 Å². The van der Waals surface area contributed by atoms with Crippen molar-refractivity contribution in [2.24, 2.45) is 0 Å². The van der Waals surface area contributed by atoms with Gasteiger partial charge in [0, 0.05) is 99.6 Å². The molecule has 0 radical (unpaired) electrons. The topological polar surface area (TPSA) is 42.5 Å². The molecule has 90 heavy (non-hydrogen) atoms. The first kappa shape index (κ1) is 50.0. The highest BCUT2D eigenvalue weighted by molar-refractivity contribution is 6.21. The highest BCUT2D eigenvalue weighted by Crippen LogP contribution is 2.44. The Balaban J connectivity index is 0.000000130. The van der Waals surface area contributed by atoms with Gasteiger partial charge in [0.15, 0.2) is 0 Å². The van der Waals surface area contributed by atoms with Gasteiger partial charge in [-0.05, 0) is 152 Å². The van der Waals surface area contributed by atoms with Crippen LogP contribution >= 0.6 is 0 Å². The Kier molecular flexibility index (Phi) is 10.9. The fraction of sp³-hybridized carbons (Fsp3) is 0. The third-order valence-corrected chi connectivity index (χ3v) is 18.7. The molecule has 13 aromatic carbocycles. The molecule has 20 rings (SSSR count). The number of hydrogen-bond donors (Lipinski definition) is 0. The highest BCUT2D eigenvalue weighted by atomic mass is 15.0. The summed E-state index contributed by atoms with van der Waals surface area (Å²) in [5.41, 5.74) is 22.3. The molecule has 0 saturated heterocycles. The molecular formula is C83H53N7. The van der Waals surface area contributed by atoms with Gasteiger partial charge in [0.2, 0.25) is 0 Å². The van der Waals surface area contributed by atoms with Crippen molar-refractivity contribution >= 4 is 131 Å². The lowest BCUT2D eigenvalue weighted by molar-refractivity contribution is 1.16. The number of aromatic nitrogens is 7. The molecule has 0 fully saturated rings. The zero-order chi connectivity index (χ0) is 59.0. The third-order valence-electron chi connectivity index (χ3n) is 18.7. The first-order valence-corrected chi connectivity index (χ1v) is 30.8. The summed E-state index contributed by atoms with van der Waals surface area (Å²) >= 11 is 0. The van der Waals surface area contributed by atoms with Crippen LogP contribution in [0.1, 0.15) is 0 Å². The highest BCUT2D eigenvalue weighted by Gasteiger charge is 2.23. The second-order valence-electron chi connectivity index (χ2n) is 23.5. The van der Waals surface area contributed by atoms with E-state index in [0.717, 1.165) is 39.0 Å². The summed E-state index contributed by atoms with van der Waals surface area (Å²) in [5.74, 6) is 0. The van der Waals surface area contributed by atoms with E-state index in [9.17, 15) is 0 Å². The summed E-state index contributed by atoms with van der Waals surface area (Å²) in [6.07, 6.45) is 1.89. The van der Waals surface area contributed by atoms with Crippen molar-refractivity contribution in [3.63, 3.8) is 0 Å². The van der Waals surface area contributed by atoms with Crippen molar-refractivity contribution in [2.75, 3.05) is 0 Å². The molecule has 0 aliphatic heterocycles.